The highest BCUT2D eigenvalue weighted by molar-refractivity contribution is 7.89. The molecule has 0 amide bonds. The van der Waals surface area contributed by atoms with Crippen LogP contribution in [0.2, 0.25) is 0 Å². The average Bonchev–Trinajstić information content (AvgIpc) is 3.10. The predicted molar refractivity (Wildman–Crippen MR) is 99.6 cm³/mol. The molecule has 0 saturated heterocycles. The molecule has 1 heterocycles. The molecule has 1 aromatic heterocycles. The molecule has 9 heteroatoms. The first-order valence-electron chi connectivity index (χ1n) is 7.88. The Bertz CT molecular complexity index is 885. The number of thiophene rings is 1. The summed E-state index contributed by atoms with van der Waals surface area (Å²) in [5.74, 6) is 0. The van der Waals surface area contributed by atoms with Gasteiger partial charge in [0.2, 0.25) is 20.0 Å². The van der Waals surface area contributed by atoms with E-state index in [2.05, 4.69) is 4.72 Å². The van der Waals surface area contributed by atoms with Crippen LogP contribution in [0.15, 0.2) is 51.6 Å². The largest absolute Gasteiger partial charge is 0.243 e. The lowest BCUT2D eigenvalue weighted by atomic mass is 10.3. The molecule has 2 aromatic rings. The second kappa shape index (κ2) is 7.96. The van der Waals surface area contributed by atoms with E-state index in [1.165, 1.54) is 39.9 Å². The lowest BCUT2D eigenvalue weighted by Crippen LogP contribution is -2.30. The van der Waals surface area contributed by atoms with Crippen LogP contribution >= 0.6 is 11.3 Å². The van der Waals surface area contributed by atoms with Crippen molar-refractivity contribution in [3.63, 3.8) is 0 Å². The van der Waals surface area contributed by atoms with E-state index >= 15 is 0 Å². The molecule has 0 aliphatic rings. The topological polar surface area (TPSA) is 83.6 Å². The molecule has 0 radical (unpaired) electrons. The molecule has 0 fully saturated rings. The van der Waals surface area contributed by atoms with E-state index in [0.29, 0.717) is 13.1 Å². The van der Waals surface area contributed by atoms with E-state index in [1.807, 2.05) is 17.5 Å². The molecule has 1 atom stereocenters. The predicted octanol–water partition coefficient (Wildman–Crippen LogP) is 2.82. The monoisotopic (exact) mass is 402 g/mol. The van der Waals surface area contributed by atoms with Crippen molar-refractivity contribution in [1.82, 2.24) is 9.03 Å². The van der Waals surface area contributed by atoms with Crippen LogP contribution in [-0.2, 0) is 20.0 Å². The van der Waals surface area contributed by atoms with Crippen LogP contribution in [0.25, 0.3) is 0 Å². The molecule has 0 saturated carbocycles. The number of sulfonamides is 2. The Hall–Kier alpha value is -1.26. The first-order chi connectivity index (χ1) is 11.7. The van der Waals surface area contributed by atoms with Crippen LogP contribution in [0.5, 0.6) is 0 Å². The van der Waals surface area contributed by atoms with Gasteiger partial charge in [0.05, 0.1) is 15.8 Å². The van der Waals surface area contributed by atoms with Gasteiger partial charge in [-0.05, 0) is 42.6 Å². The Morgan fingerprint density at radius 1 is 1.00 bits per heavy atom. The van der Waals surface area contributed by atoms with Crippen LogP contribution in [0, 0.1) is 0 Å². The summed E-state index contributed by atoms with van der Waals surface area (Å²) in [4.78, 5) is 1.03. The minimum Gasteiger partial charge on any atom is -0.207 e. The van der Waals surface area contributed by atoms with Crippen LogP contribution in [0.1, 0.15) is 31.7 Å². The maximum Gasteiger partial charge on any atom is 0.243 e. The second-order valence-corrected chi connectivity index (χ2v) is 10.1. The van der Waals surface area contributed by atoms with Gasteiger partial charge in [0.15, 0.2) is 0 Å². The summed E-state index contributed by atoms with van der Waals surface area (Å²) < 4.78 is 53.8. The minimum atomic E-state index is -3.73. The summed E-state index contributed by atoms with van der Waals surface area (Å²) in [6.07, 6.45) is 0. The molecule has 0 aliphatic carbocycles. The maximum atomic E-state index is 12.5. The third-order valence-electron chi connectivity index (χ3n) is 3.78. The van der Waals surface area contributed by atoms with E-state index in [9.17, 15) is 16.8 Å². The van der Waals surface area contributed by atoms with Crippen molar-refractivity contribution >= 4 is 31.4 Å². The third kappa shape index (κ3) is 4.48. The van der Waals surface area contributed by atoms with Crippen molar-refractivity contribution in [3.05, 3.63) is 46.7 Å². The van der Waals surface area contributed by atoms with Gasteiger partial charge in [0.1, 0.15) is 0 Å². The van der Waals surface area contributed by atoms with Crippen molar-refractivity contribution in [2.75, 3.05) is 13.1 Å². The molecule has 1 N–H and O–H groups in total. The molecular weight excluding hydrogens is 380 g/mol. The first-order valence-corrected chi connectivity index (χ1v) is 11.7. The Labute approximate surface area is 153 Å². The fraction of sp³-hybridized carbons (Fsp3) is 0.375. The average molecular weight is 403 g/mol. The Kier molecular flexibility index (Phi) is 6.39. The van der Waals surface area contributed by atoms with Gasteiger partial charge in [-0.15, -0.1) is 11.3 Å². The Morgan fingerprint density at radius 2 is 1.56 bits per heavy atom. The fourth-order valence-electron chi connectivity index (χ4n) is 2.40. The number of nitrogens with one attached hydrogen (secondary N) is 1. The number of hydrogen-bond donors (Lipinski definition) is 1. The van der Waals surface area contributed by atoms with Crippen molar-refractivity contribution in [1.29, 1.82) is 0 Å². The van der Waals surface area contributed by atoms with Crippen LogP contribution < -0.4 is 4.72 Å². The van der Waals surface area contributed by atoms with Crippen molar-refractivity contribution < 1.29 is 16.8 Å². The van der Waals surface area contributed by atoms with Gasteiger partial charge in [0.25, 0.3) is 0 Å². The van der Waals surface area contributed by atoms with Crippen LogP contribution in [-0.4, -0.2) is 34.2 Å². The zero-order chi connectivity index (χ0) is 18.7. The molecular formula is C16H22N2O4S3. The van der Waals surface area contributed by atoms with Gasteiger partial charge in [0, 0.05) is 18.0 Å². The zero-order valence-corrected chi connectivity index (χ0v) is 16.8. The molecule has 6 nitrogen and oxygen atoms in total. The van der Waals surface area contributed by atoms with Crippen molar-refractivity contribution in [3.8, 4) is 0 Å². The normalized spacial score (nSPS) is 13.9. The fourth-order valence-corrected chi connectivity index (χ4v) is 5.89. The molecule has 0 bridgehead atoms. The van der Waals surface area contributed by atoms with Gasteiger partial charge in [-0.1, -0.05) is 19.9 Å². The van der Waals surface area contributed by atoms with E-state index in [4.69, 9.17) is 0 Å². The summed E-state index contributed by atoms with van der Waals surface area (Å²) in [6.45, 7) is 6.01. The molecule has 1 aromatic carbocycles. The molecule has 2 rings (SSSR count). The lowest BCUT2D eigenvalue weighted by Gasteiger charge is -2.18. The third-order valence-corrected chi connectivity index (χ3v) is 8.45. The van der Waals surface area contributed by atoms with Gasteiger partial charge >= 0.3 is 0 Å². The number of benzene rings is 1. The van der Waals surface area contributed by atoms with Gasteiger partial charge in [-0.2, -0.15) is 4.31 Å². The smallest absolute Gasteiger partial charge is 0.207 e. The van der Waals surface area contributed by atoms with Gasteiger partial charge in [-0.3, -0.25) is 0 Å². The van der Waals surface area contributed by atoms with E-state index in [-0.39, 0.29) is 15.8 Å². The standard InChI is InChI=1S/C16H22N2O4S3/c1-4-18(5-2)25(21,22)15-10-8-14(9-11-15)24(19,20)17-13(3)16-7-6-12-23-16/h6-13,17H,4-5H2,1-3H3/t13-/m1/s1. The Balaban J connectivity index is 2.24. The first kappa shape index (κ1) is 20.1. The summed E-state index contributed by atoms with van der Waals surface area (Å²) in [6, 6.07) is 8.66. The highest BCUT2D eigenvalue weighted by Gasteiger charge is 2.23. The highest BCUT2D eigenvalue weighted by Crippen LogP contribution is 2.22. The molecule has 0 spiro atoms. The van der Waals surface area contributed by atoms with E-state index in [0.717, 1.165) is 4.88 Å². The molecule has 138 valence electrons. The Morgan fingerprint density at radius 3 is 2.04 bits per heavy atom. The highest BCUT2D eigenvalue weighted by atomic mass is 32.2. The van der Waals surface area contributed by atoms with Gasteiger partial charge in [-0.25, -0.2) is 21.6 Å². The SMILES string of the molecule is CCN(CC)S(=O)(=O)c1ccc(S(=O)(=O)N[C@H](C)c2cccs2)cc1. The van der Waals surface area contributed by atoms with E-state index < -0.39 is 20.0 Å². The summed E-state index contributed by atoms with van der Waals surface area (Å²) >= 11 is 1.47. The van der Waals surface area contributed by atoms with Crippen LogP contribution in [0.4, 0.5) is 0 Å². The summed E-state index contributed by atoms with van der Waals surface area (Å²) in [7, 11) is -7.33. The quantitative estimate of drug-likeness (QED) is 0.736. The summed E-state index contributed by atoms with van der Waals surface area (Å²) in [5.41, 5.74) is 0. The van der Waals surface area contributed by atoms with Gasteiger partial charge < -0.3 is 0 Å². The van der Waals surface area contributed by atoms with Crippen molar-refractivity contribution in [2.45, 2.75) is 36.6 Å². The van der Waals surface area contributed by atoms with Crippen molar-refractivity contribution in [2.24, 2.45) is 0 Å². The molecule has 25 heavy (non-hydrogen) atoms. The number of hydrogen-bond acceptors (Lipinski definition) is 5. The maximum absolute atomic E-state index is 12.5. The van der Waals surface area contributed by atoms with E-state index in [1.54, 1.807) is 20.8 Å². The molecule has 0 unspecified atom stereocenters. The summed E-state index contributed by atoms with van der Waals surface area (Å²) in [5, 5.41) is 1.88. The lowest BCUT2D eigenvalue weighted by molar-refractivity contribution is 0.445. The zero-order valence-electron chi connectivity index (χ0n) is 14.3. The number of nitrogens with zero attached hydrogens (tertiary/aromatic N) is 1. The second-order valence-electron chi connectivity index (χ2n) is 5.42. The minimum absolute atomic E-state index is 0.0365. The molecule has 0 aliphatic heterocycles. The number of rotatable bonds is 8. The van der Waals surface area contributed by atoms with Crippen LogP contribution in [0.3, 0.4) is 0 Å².